The van der Waals surface area contributed by atoms with Gasteiger partial charge in [-0.25, -0.2) is 0 Å². The summed E-state index contributed by atoms with van der Waals surface area (Å²) in [6.45, 7) is 6.84. The maximum atomic E-state index is 3.54. The van der Waals surface area contributed by atoms with E-state index in [1.165, 1.54) is 19.8 Å². The van der Waals surface area contributed by atoms with E-state index < -0.39 is 0 Å². The molecule has 3 heteroatoms. The summed E-state index contributed by atoms with van der Waals surface area (Å²) in [5.74, 6) is 0. The molecule has 0 aliphatic rings. The number of benzene rings is 1. The molecule has 0 saturated carbocycles. The molecule has 0 fully saturated rings. The maximum Gasteiger partial charge on any atom is 0.0702 e. The summed E-state index contributed by atoms with van der Waals surface area (Å²) in [5, 5.41) is 3.41. The number of hydrogen-bond acceptors (Lipinski definition) is 2. The highest BCUT2D eigenvalue weighted by Crippen LogP contribution is 2.33. The number of thiophene rings is 1. The molecule has 1 atom stereocenters. The van der Waals surface area contributed by atoms with Crippen molar-refractivity contribution in [3.05, 3.63) is 56.2 Å². The van der Waals surface area contributed by atoms with E-state index in [4.69, 9.17) is 0 Å². The van der Waals surface area contributed by atoms with E-state index in [-0.39, 0.29) is 11.5 Å². The highest BCUT2D eigenvalue weighted by molar-refractivity contribution is 9.11. The van der Waals surface area contributed by atoms with Crippen LogP contribution in [0.4, 0.5) is 0 Å². The average molecular weight is 352 g/mol. The van der Waals surface area contributed by atoms with Crippen molar-refractivity contribution in [2.45, 2.75) is 38.6 Å². The molecule has 1 unspecified atom stereocenters. The smallest absolute Gasteiger partial charge is 0.0702 e. The topological polar surface area (TPSA) is 12.0 Å². The van der Waals surface area contributed by atoms with Crippen LogP contribution in [0.2, 0.25) is 0 Å². The summed E-state index contributed by atoms with van der Waals surface area (Å²) in [7, 11) is 2.02. The van der Waals surface area contributed by atoms with Crippen LogP contribution in [0.1, 0.15) is 49.2 Å². The van der Waals surface area contributed by atoms with Crippen LogP contribution in [0.5, 0.6) is 0 Å². The molecular formula is C17H22BrNS. The molecule has 0 bridgehead atoms. The van der Waals surface area contributed by atoms with Crippen LogP contribution < -0.4 is 5.32 Å². The van der Waals surface area contributed by atoms with Gasteiger partial charge in [-0.2, -0.15) is 0 Å². The van der Waals surface area contributed by atoms with Gasteiger partial charge in [-0.1, -0.05) is 45.0 Å². The molecule has 0 amide bonds. The molecule has 0 saturated heterocycles. The first kappa shape index (κ1) is 15.7. The minimum atomic E-state index is 0.250. The first-order valence-electron chi connectivity index (χ1n) is 7.01. The van der Waals surface area contributed by atoms with E-state index in [2.05, 4.69) is 78.4 Å². The Balaban J connectivity index is 2.28. The maximum absolute atomic E-state index is 3.54. The second-order valence-electron chi connectivity index (χ2n) is 5.72. The number of nitrogens with one attached hydrogen (secondary N) is 1. The molecule has 1 nitrogen and oxygen atoms in total. The average Bonchev–Trinajstić information content (AvgIpc) is 2.87. The molecule has 0 spiro atoms. The molecule has 20 heavy (non-hydrogen) atoms. The summed E-state index contributed by atoms with van der Waals surface area (Å²) < 4.78 is 1.18. The Kier molecular flexibility index (Phi) is 5.05. The van der Waals surface area contributed by atoms with E-state index >= 15 is 0 Å². The molecule has 1 aromatic heterocycles. The lowest BCUT2D eigenvalue weighted by atomic mass is 9.82. The van der Waals surface area contributed by atoms with Crippen LogP contribution in [0, 0.1) is 0 Å². The van der Waals surface area contributed by atoms with Gasteiger partial charge < -0.3 is 5.32 Å². The quantitative estimate of drug-likeness (QED) is 0.748. The molecule has 0 aliphatic carbocycles. The summed E-state index contributed by atoms with van der Waals surface area (Å²) in [4.78, 5) is 1.34. The second-order valence-corrected chi connectivity index (χ2v) is 8.22. The standard InChI is InChI=1S/C17H22BrNS/c1-5-17(2,3)13-8-6-12(7-9-13)16(19-4)14-10-11-15(18)20-14/h6-11,16,19H,5H2,1-4H3. The van der Waals surface area contributed by atoms with Crippen LogP contribution in [0.15, 0.2) is 40.2 Å². The zero-order valence-corrected chi connectivity index (χ0v) is 14.9. The van der Waals surface area contributed by atoms with Crippen molar-refractivity contribution < 1.29 is 0 Å². The predicted octanol–water partition coefficient (Wildman–Crippen LogP) is 5.51. The molecule has 1 aromatic carbocycles. The Hall–Kier alpha value is -0.640. The van der Waals surface area contributed by atoms with E-state index in [9.17, 15) is 0 Å². The fourth-order valence-electron chi connectivity index (χ4n) is 2.29. The molecule has 1 heterocycles. The summed E-state index contributed by atoms with van der Waals surface area (Å²) in [5.41, 5.74) is 2.98. The molecule has 2 aromatic rings. The minimum absolute atomic E-state index is 0.250. The van der Waals surface area contributed by atoms with Gasteiger partial charge in [0.2, 0.25) is 0 Å². The van der Waals surface area contributed by atoms with Crippen molar-refractivity contribution in [2.75, 3.05) is 7.05 Å². The van der Waals surface area contributed by atoms with Crippen LogP contribution in [-0.2, 0) is 5.41 Å². The third-order valence-corrected chi connectivity index (χ3v) is 5.77. The van der Waals surface area contributed by atoms with Gasteiger partial charge in [-0.15, -0.1) is 11.3 Å². The third-order valence-electron chi connectivity index (χ3n) is 4.08. The minimum Gasteiger partial charge on any atom is -0.309 e. The SMILES string of the molecule is CCC(C)(C)c1ccc(C(NC)c2ccc(Br)s2)cc1. The van der Waals surface area contributed by atoms with Gasteiger partial charge in [-0.05, 0) is 58.1 Å². The molecular weight excluding hydrogens is 330 g/mol. The van der Waals surface area contributed by atoms with E-state index in [1.807, 2.05) is 7.05 Å². The van der Waals surface area contributed by atoms with E-state index in [0.717, 1.165) is 6.42 Å². The van der Waals surface area contributed by atoms with Crippen molar-refractivity contribution in [2.24, 2.45) is 0 Å². The van der Waals surface area contributed by atoms with Gasteiger partial charge in [-0.3, -0.25) is 0 Å². The van der Waals surface area contributed by atoms with Gasteiger partial charge in [0.05, 0.1) is 9.83 Å². The Labute approximate surface area is 134 Å². The van der Waals surface area contributed by atoms with Gasteiger partial charge in [0, 0.05) is 4.88 Å². The Bertz CT molecular complexity index is 557. The number of halogens is 1. The van der Waals surface area contributed by atoms with Crippen LogP contribution >= 0.6 is 27.3 Å². The Morgan fingerprint density at radius 3 is 2.25 bits per heavy atom. The van der Waals surface area contributed by atoms with Crippen molar-refractivity contribution >= 4 is 27.3 Å². The fraction of sp³-hybridized carbons (Fsp3) is 0.412. The van der Waals surface area contributed by atoms with Gasteiger partial charge in [0.25, 0.3) is 0 Å². The van der Waals surface area contributed by atoms with Gasteiger partial charge >= 0.3 is 0 Å². The normalized spacial score (nSPS) is 13.4. The lowest BCUT2D eigenvalue weighted by Gasteiger charge is -2.24. The monoisotopic (exact) mass is 351 g/mol. The molecule has 2 rings (SSSR count). The third kappa shape index (κ3) is 3.33. The summed E-state index contributed by atoms with van der Waals surface area (Å²) in [6, 6.07) is 13.6. The van der Waals surface area contributed by atoms with Crippen LogP contribution in [-0.4, -0.2) is 7.05 Å². The summed E-state index contributed by atoms with van der Waals surface area (Å²) >= 11 is 5.32. The number of rotatable bonds is 5. The van der Waals surface area contributed by atoms with Crippen molar-refractivity contribution in [3.63, 3.8) is 0 Å². The lowest BCUT2D eigenvalue weighted by Crippen LogP contribution is -2.18. The van der Waals surface area contributed by atoms with Gasteiger partial charge in [0.1, 0.15) is 0 Å². The molecule has 0 aliphatic heterocycles. The van der Waals surface area contributed by atoms with Crippen molar-refractivity contribution in [3.8, 4) is 0 Å². The van der Waals surface area contributed by atoms with Crippen molar-refractivity contribution in [1.82, 2.24) is 5.32 Å². The highest BCUT2D eigenvalue weighted by Gasteiger charge is 2.19. The zero-order chi connectivity index (χ0) is 14.8. The van der Waals surface area contributed by atoms with Crippen LogP contribution in [0.25, 0.3) is 0 Å². The van der Waals surface area contributed by atoms with Gasteiger partial charge in [0.15, 0.2) is 0 Å². The van der Waals surface area contributed by atoms with Crippen LogP contribution in [0.3, 0.4) is 0 Å². The molecule has 1 N–H and O–H groups in total. The largest absolute Gasteiger partial charge is 0.309 e. The van der Waals surface area contributed by atoms with E-state index in [0.29, 0.717) is 0 Å². The second kappa shape index (κ2) is 6.42. The first-order chi connectivity index (χ1) is 9.47. The molecule has 108 valence electrons. The first-order valence-corrected chi connectivity index (χ1v) is 8.62. The Morgan fingerprint density at radius 1 is 1.15 bits per heavy atom. The van der Waals surface area contributed by atoms with E-state index in [1.54, 1.807) is 11.3 Å². The zero-order valence-electron chi connectivity index (χ0n) is 12.5. The highest BCUT2D eigenvalue weighted by atomic mass is 79.9. The Morgan fingerprint density at radius 2 is 1.80 bits per heavy atom. The fourth-order valence-corrected chi connectivity index (χ4v) is 3.85. The van der Waals surface area contributed by atoms with Crippen molar-refractivity contribution in [1.29, 1.82) is 0 Å². The predicted molar refractivity (Wildman–Crippen MR) is 92.7 cm³/mol. The summed E-state index contributed by atoms with van der Waals surface area (Å²) in [6.07, 6.45) is 1.15. The number of hydrogen-bond donors (Lipinski definition) is 1. The lowest BCUT2D eigenvalue weighted by molar-refractivity contribution is 0.506. The molecule has 0 radical (unpaired) electrons.